The van der Waals surface area contributed by atoms with Crippen LogP contribution in [0.4, 0.5) is 5.82 Å². The molecule has 0 saturated carbocycles. The topological polar surface area (TPSA) is 135 Å². The van der Waals surface area contributed by atoms with E-state index in [1.807, 2.05) is 0 Å². The number of hydrogen-bond acceptors (Lipinski definition) is 7. The number of nitrogens with zero attached hydrogens (tertiary/aromatic N) is 3. The molecule has 26 heavy (non-hydrogen) atoms. The van der Waals surface area contributed by atoms with Gasteiger partial charge in [0.25, 0.3) is 5.91 Å². The quantitative estimate of drug-likeness (QED) is 0.678. The Morgan fingerprint density at radius 1 is 1.23 bits per heavy atom. The van der Waals surface area contributed by atoms with Crippen LogP contribution in [0.25, 0.3) is 0 Å². The number of carbonyl (C=O) groups excluding carboxylic acids is 2. The minimum atomic E-state index is -3.58. The van der Waals surface area contributed by atoms with Crippen molar-refractivity contribution < 1.29 is 18.0 Å². The number of rotatable bonds is 7. The molecule has 138 valence electrons. The number of amides is 2. The van der Waals surface area contributed by atoms with E-state index in [9.17, 15) is 18.0 Å². The van der Waals surface area contributed by atoms with Crippen LogP contribution in [0.15, 0.2) is 41.7 Å². The van der Waals surface area contributed by atoms with Crippen LogP contribution < -0.4 is 16.0 Å². The maximum Gasteiger partial charge on any atom is 0.251 e. The Balaban J connectivity index is 2.26. The van der Waals surface area contributed by atoms with Crippen LogP contribution >= 0.6 is 0 Å². The van der Waals surface area contributed by atoms with E-state index in [2.05, 4.69) is 15.3 Å². The largest absolute Gasteiger partial charge is 0.368 e. The van der Waals surface area contributed by atoms with E-state index < -0.39 is 15.7 Å². The predicted octanol–water partition coefficient (Wildman–Crippen LogP) is -0.268. The average Bonchev–Trinajstić information content (AvgIpc) is 2.58. The van der Waals surface area contributed by atoms with Crippen LogP contribution in [-0.4, -0.2) is 50.0 Å². The Bertz CT molecular complexity index is 915. The van der Waals surface area contributed by atoms with E-state index >= 15 is 0 Å². The van der Waals surface area contributed by atoms with Gasteiger partial charge in [-0.05, 0) is 29.8 Å². The number of sulfone groups is 1. The zero-order valence-electron chi connectivity index (χ0n) is 14.3. The van der Waals surface area contributed by atoms with Crippen LogP contribution in [0.3, 0.4) is 0 Å². The van der Waals surface area contributed by atoms with Crippen molar-refractivity contribution in [3.05, 3.63) is 47.8 Å². The molecule has 2 aromatic rings. The lowest BCUT2D eigenvalue weighted by Crippen LogP contribution is -2.31. The summed E-state index contributed by atoms with van der Waals surface area (Å²) in [7, 11) is -2.01. The van der Waals surface area contributed by atoms with Gasteiger partial charge < -0.3 is 16.0 Å². The SMILES string of the molecule is CN(CC(N)=O)c1cc(CNC(=O)c2ccncc2)cc(S(C)(=O)=O)n1. The molecule has 0 unspecified atom stereocenters. The van der Waals surface area contributed by atoms with Gasteiger partial charge in [-0.2, -0.15) is 0 Å². The van der Waals surface area contributed by atoms with Crippen LogP contribution in [0.2, 0.25) is 0 Å². The van der Waals surface area contributed by atoms with Crippen LogP contribution in [0.1, 0.15) is 15.9 Å². The van der Waals surface area contributed by atoms with Gasteiger partial charge in [0.1, 0.15) is 5.82 Å². The Labute approximate surface area is 151 Å². The third kappa shape index (κ3) is 5.24. The first-order valence-electron chi connectivity index (χ1n) is 7.55. The number of primary amides is 1. The summed E-state index contributed by atoms with van der Waals surface area (Å²) in [4.78, 5) is 32.5. The van der Waals surface area contributed by atoms with Gasteiger partial charge in [0.05, 0.1) is 6.54 Å². The number of likely N-dealkylation sites (N-methyl/N-ethyl adjacent to an activating group) is 1. The van der Waals surface area contributed by atoms with Crippen molar-refractivity contribution in [2.45, 2.75) is 11.6 Å². The van der Waals surface area contributed by atoms with Crippen molar-refractivity contribution in [2.24, 2.45) is 5.73 Å². The predicted molar refractivity (Wildman–Crippen MR) is 95.2 cm³/mol. The highest BCUT2D eigenvalue weighted by molar-refractivity contribution is 7.90. The third-order valence-electron chi connectivity index (χ3n) is 3.41. The molecule has 0 bridgehead atoms. The molecule has 3 N–H and O–H groups in total. The number of carbonyl (C=O) groups is 2. The zero-order valence-corrected chi connectivity index (χ0v) is 15.2. The van der Waals surface area contributed by atoms with Gasteiger partial charge in [0.15, 0.2) is 14.9 Å². The van der Waals surface area contributed by atoms with Gasteiger partial charge in [0.2, 0.25) is 5.91 Å². The molecule has 2 amide bonds. The van der Waals surface area contributed by atoms with Crippen LogP contribution in [-0.2, 0) is 21.2 Å². The highest BCUT2D eigenvalue weighted by Gasteiger charge is 2.16. The van der Waals surface area contributed by atoms with Crippen molar-refractivity contribution in [1.29, 1.82) is 0 Å². The van der Waals surface area contributed by atoms with E-state index in [-0.39, 0.29) is 29.8 Å². The summed E-state index contributed by atoms with van der Waals surface area (Å²) in [6.45, 7) is -0.0351. The van der Waals surface area contributed by atoms with Crippen LogP contribution in [0, 0.1) is 0 Å². The zero-order chi connectivity index (χ0) is 19.3. The van der Waals surface area contributed by atoms with Gasteiger partial charge in [-0.25, -0.2) is 13.4 Å². The van der Waals surface area contributed by atoms with E-state index in [4.69, 9.17) is 5.73 Å². The maximum absolute atomic E-state index is 12.1. The first-order valence-corrected chi connectivity index (χ1v) is 9.44. The minimum Gasteiger partial charge on any atom is -0.368 e. The second-order valence-electron chi connectivity index (χ2n) is 5.68. The lowest BCUT2D eigenvalue weighted by Gasteiger charge is -2.18. The Morgan fingerprint density at radius 3 is 2.46 bits per heavy atom. The molecule has 0 fully saturated rings. The normalized spacial score (nSPS) is 11.0. The monoisotopic (exact) mass is 377 g/mol. The fraction of sp³-hybridized carbons (Fsp3) is 0.250. The molecule has 0 aliphatic rings. The first-order chi connectivity index (χ1) is 12.2. The molecule has 0 saturated heterocycles. The first kappa shape index (κ1) is 19.3. The molecule has 2 rings (SSSR count). The van der Waals surface area contributed by atoms with Gasteiger partial charge >= 0.3 is 0 Å². The Hall–Kier alpha value is -3.01. The van der Waals surface area contributed by atoms with Gasteiger partial charge in [0, 0.05) is 37.8 Å². The summed E-state index contributed by atoms with van der Waals surface area (Å²) in [5.41, 5.74) is 6.12. The lowest BCUT2D eigenvalue weighted by atomic mass is 10.2. The molecule has 0 aromatic carbocycles. The second kappa shape index (κ2) is 7.91. The van der Waals surface area contributed by atoms with Crippen molar-refractivity contribution in [3.63, 3.8) is 0 Å². The fourth-order valence-corrected chi connectivity index (χ4v) is 2.76. The highest BCUT2D eigenvalue weighted by atomic mass is 32.2. The second-order valence-corrected chi connectivity index (χ2v) is 7.65. The Morgan fingerprint density at radius 2 is 1.88 bits per heavy atom. The summed E-state index contributed by atoms with van der Waals surface area (Å²) >= 11 is 0. The average molecular weight is 377 g/mol. The van der Waals surface area contributed by atoms with Crippen molar-refractivity contribution >= 4 is 27.5 Å². The molecule has 2 heterocycles. The molecule has 9 nitrogen and oxygen atoms in total. The molecule has 0 radical (unpaired) electrons. The van der Waals surface area contributed by atoms with Gasteiger partial charge in [-0.1, -0.05) is 0 Å². The van der Waals surface area contributed by atoms with E-state index in [0.29, 0.717) is 11.1 Å². The third-order valence-corrected chi connectivity index (χ3v) is 4.38. The Kier molecular flexibility index (Phi) is 5.88. The standard InChI is InChI=1S/C16H19N5O4S/c1-21(10-13(17)22)14-7-11(8-15(20-14)26(2,24)25)9-19-16(23)12-3-5-18-6-4-12/h3-8H,9-10H2,1-2H3,(H2,17,22)(H,19,23). The number of hydrogen-bond donors (Lipinski definition) is 2. The highest BCUT2D eigenvalue weighted by Crippen LogP contribution is 2.17. The minimum absolute atomic E-state index is 0.0869. The van der Waals surface area contributed by atoms with Crippen molar-refractivity contribution in [2.75, 3.05) is 24.7 Å². The van der Waals surface area contributed by atoms with E-state index in [0.717, 1.165) is 6.26 Å². The van der Waals surface area contributed by atoms with E-state index in [1.165, 1.54) is 23.4 Å². The molecule has 0 aliphatic carbocycles. The lowest BCUT2D eigenvalue weighted by molar-refractivity contribution is -0.116. The number of anilines is 1. The summed E-state index contributed by atoms with van der Waals surface area (Å²) in [6.07, 6.45) is 4.03. The maximum atomic E-state index is 12.1. The number of nitrogens with two attached hydrogens (primary N) is 1. The molecular weight excluding hydrogens is 358 g/mol. The molecule has 2 aromatic heterocycles. The fourth-order valence-electron chi connectivity index (χ4n) is 2.13. The van der Waals surface area contributed by atoms with E-state index in [1.54, 1.807) is 25.2 Å². The van der Waals surface area contributed by atoms with Crippen LogP contribution in [0.5, 0.6) is 0 Å². The number of nitrogens with one attached hydrogen (secondary N) is 1. The number of aromatic nitrogens is 2. The molecule has 0 spiro atoms. The molecular formula is C16H19N5O4S. The molecule has 10 heteroatoms. The van der Waals surface area contributed by atoms with Crippen molar-refractivity contribution in [3.8, 4) is 0 Å². The summed E-state index contributed by atoms with van der Waals surface area (Å²) in [5, 5.41) is 2.55. The molecule has 0 aliphatic heterocycles. The van der Waals surface area contributed by atoms with Gasteiger partial charge in [-0.3, -0.25) is 14.6 Å². The van der Waals surface area contributed by atoms with Gasteiger partial charge in [-0.15, -0.1) is 0 Å². The summed E-state index contributed by atoms with van der Waals surface area (Å²) in [5.74, 6) is -0.636. The molecule has 0 atom stereocenters. The van der Waals surface area contributed by atoms with Crippen molar-refractivity contribution in [1.82, 2.24) is 15.3 Å². The smallest absolute Gasteiger partial charge is 0.251 e. The summed E-state index contributed by atoms with van der Waals surface area (Å²) in [6, 6.07) is 6.10. The number of pyridine rings is 2. The summed E-state index contributed by atoms with van der Waals surface area (Å²) < 4.78 is 23.7.